The van der Waals surface area contributed by atoms with Gasteiger partial charge in [0.2, 0.25) is 0 Å². The number of benzene rings is 1. The van der Waals surface area contributed by atoms with Crippen molar-refractivity contribution in [3.8, 4) is 0 Å². The summed E-state index contributed by atoms with van der Waals surface area (Å²) in [4.78, 5) is 12.4. The number of ether oxygens (including phenoxy) is 2. The lowest BCUT2D eigenvalue weighted by Gasteiger charge is -2.35. The van der Waals surface area contributed by atoms with Crippen LogP contribution < -0.4 is 5.32 Å². The maximum absolute atomic E-state index is 12.4. The third-order valence-electron chi connectivity index (χ3n) is 4.52. The van der Waals surface area contributed by atoms with E-state index in [1.54, 1.807) is 0 Å². The highest BCUT2D eigenvalue weighted by Gasteiger charge is 2.40. The fourth-order valence-corrected chi connectivity index (χ4v) is 3.32. The van der Waals surface area contributed by atoms with Crippen LogP contribution in [0.5, 0.6) is 0 Å². The van der Waals surface area contributed by atoms with Gasteiger partial charge in [0.05, 0.1) is 13.2 Å². The average molecular weight is 289 g/mol. The van der Waals surface area contributed by atoms with Gasteiger partial charge in [-0.15, -0.1) is 0 Å². The van der Waals surface area contributed by atoms with E-state index in [0.29, 0.717) is 13.2 Å². The molecule has 1 aliphatic heterocycles. The number of nitrogens with one attached hydrogen (secondary N) is 1. The predicted octanol–water partition coefficient (Wildman–Crippen LogP) is 2.72. The lowest BCUT2D eigenvalue weighted by molar-refractivity contribution is -0.179. The van der Waals surface area contributed by atoms with E-state index in [1.807, 2.05) is 32.0 Å². The minimum absolute atomic E-state index is 0.0294. The molecule has 2 aliphatic rings. The molecular weight excluding hydrogens is 266 g/mol. The molecule has 1 saturated carbocycles. The molecule has 0 radical (unpaired) electrons. The Balaban J connectivity index is 1.58. The molecule has 2 fully saturated rings. The van der Waals surface area contributed by atoms with E-state index in [-0.39, 0.29) is 17.7 Å². The summed E-state index contributed by atoms with van der Waals surface area (Å²) in [5.74, 6) is -0.331. The molecule has 1 spiro atoms. The van der Waals surface area contributed by atoms with Gasteiger partial charge in [-0.05, 0) is 38.3 Å². The van der Waals surface area contributed by atoms with Crippen molar-refractivity contribution in [3.05, 3.63) is 34.9 Å². The van der Waals surface area contributed by atoms with Crippen LogP contribution in [0, 0.1) is 13.8 Å². The van der Waals surface area contributed by atoms with Gasteiger partial charge in [-0.3, -0.25) is 4.79 Å². The molecule has 1 aliphatic carbocycles. The maximum Gasteiger partial charge on any atom is 0.251 e. The number of amides is 1. The first-order chi connectivity index (χ1) is 10.1. The molecule has 21 heavy (non-hydrogen) atoms. The van der Waals surface area contributed by atoms with Crippen molar-refractivity contribution in [1.29, 1.82) is 0 Å². The SMILES string of the molecule is Cc1ccc(C(=O)NC2CCC3(CC2)OCCO3)c(C)c1. The second-order valence-electron chi connectivity index (χ2n) is 6.17. The van der Waals surface area contributed by atoms with Crippen LogP contribution >= 0.6 is 0 Å². The maximum atomic E-state index is 12.4. The fourth-order valence-electron chi connectivity index (χ4n) is 3.32. The van der Waals surface area contributed by atoms with Gasteiger partial charge in [0.15, 0.2) is 5.79 Å². The number of hydrogen-bond donors (Lipinski definition) is 1. The van der Waals surface area contributed by atoms with E-state index in [2.05, 4.69) is 5.32 Å². The zero-order valence-corrected chi connectivity index (χ0v) is 12.8. The van der Waals surface area contributed by atoms with Crippen LogP contribution in [0.25, 0.3) is 0 Å². The first kappa shape index (κ1) is 14.5. The van der Waals surface area contributed by atoms with E-state index < -0.39 is 0 Å². The molecule has 4 nitrogen and oxygen atoms in total. The zero-order valence-electron chi connectivity index (χ0n) is 12.8. The van der Waals surface area contributed by atoms with Gasteiger partial charge in [0.1, 0.15) is 0 Å². The topological polar surface area (TPSA) is 47.6 Å². The summed E-state index contributed by atoms with van der Waals surface area (Å²) in [7, 11) is 0. The summed E-state index contributed by atoms with van der Waals surface area (Å²) < 4.78 is 11.4. The van der Waals surface area contributed by atoms with Crippen LogP contribution in [-0.4, -0.2) is 30.9 Å². The second-order valence-corrected chi connectivity index (χ2v) is 6.17. The van der Waals surface area contributed by atoms with Gasteiger partial charge >= 0.3 is 0 Å². The normalized spacial score (nSPS) is 21.6. The monoisotopic (exact) mass is 289 g/mol. The van der Waals surface area contributed by atoms with Gasteiger partial charge in [-0.2, -0.15) is 0 Å². The summed E-state index contributed by atoms with van der Waals surface area (Å²) in [5.41, 5.74) is 2.98. The van der Waals surface area contributed by atoms with Crippen molar-refractivity contribution < 1.29 is 14.3 Å². The van der Waals surface area contributed by atoms with Crippen molar-refractivity contribution in [2.24, 2.45) is 0 Å². The van der Waals surface area contributed by atoms with Crippen molar-refractivity contribution >= 4 is 5.91 Å². The molecule has 114 valence electrons. The Hall–Kier alpha value is -1.39. The van der Waals surface area contributed by atoms with Crippen molar-refractivity contribution in [3.63, 3.8) is 0 Å². The number of carbonyl (C=O) groups is 1. The van der Waals surface area contributed by atoms with Crippen LogP contribution in [0.1, 0.15) is 47.2 Å². The molecule has 0 atom stereocenters. The third-order valence-corrected chi connectivity index (χ3v) is 4.52. The van der Waals surface area contributed by atoms with Gasteiger partial charge in [-0.25, -0.2) is 0 Å². The summed E-state index contributed by atoms with van der Waals surface area (Å²) in [6.07, 6.45) is 3.56. The standard InChI is InChI=1S/C17H23NO3/c1-12-3-4-15(13(2)11-12)16(19)18-14-5-7-17(8-6-14)20-9-10-21-17/h3-4,11,14H,5-10H2,1-2H3,(H,18,19). The van der Waals surface area contributed by atoms with E-state index >= 15 is 0 Å². The largest absolute Gasteiger partial charge is 0.349 e. The lowest BCUT2D eigenvalue weighted by atomic mass is 9.89. The minimum Gasteiger partial charge on any atom is -0.349 e. The summed E-state index contributed by atoms with van der Waals surface area (Å²) in [6.45, 7) is 5.41. The van der Waals surface area contributed by atoms with Gasteiger partial charge < -0.3 is 14.8 Å². The second kappa shape index (κ2) is 5.78. The molecule has 1 aromatic carbocycles. The van der Waals surface area contributed by atoms with Crippen LogP contribution in [-0.2, 0) is 9.47 Å². The van der Waals surface area contributed by atoms with Gasteiger partial charge in [0, 0.05) is 24.4 Å². The van der Waals surface area contributed by atoms with Crippen LogP contribution in [0.15, 0.2) is 18.2 Å². The number of hydrogen-bond acceptors (Lipinski definition) is 3. The number of aryl methyl sites for hydroxylation is 2. The van der Waals surface area contributed by atoms with E-state index in [9.17, 15) is 4.79 Å². The molecule has 4 heteroatoms. The van der Waals surface area contributed by atoms with E-state index in [4.69, 9.17) is 9.47 Å². The molecule has 1 saturated heterocycles. The summed E-state index contributed by atoms with van der Waals surface area (Å²) in [5, 5.41) is 3.15. The van der Waals surface area contributed by atoms with Crippen molar-refractivity contribution in [1.82, 2.24) is 5.32 Å². The molecule has 3 rings (SSSR count). The van der Waals surface area contributed by atoms with Gasteiger partial charge in [0.25, 0.3) is 5.91 Å². The molecule has 1 amide bonds. The smallest absolute Gasteiger partial charge is 0.251 e. The third kappa shape index (κ3) is 3.11. The summed E-state index contributed by atoms with van der Waals surface area (Å²) in [6, 6.07) is 6.16. The minimum atomic E-state index is -0.360. The Labute approximate surface area is 125 Å². The Morgan fingerprint density at radius 2 is 1.86 bits per heavy atom. The molecule has 0 unspecified atom stereocenters. The van der Waals surface area contributed by atoms with Crippen LogP contribution in [0.3, 0.4) is 0 Å². The zero-order chi connectivity index (χ0) is 14.9. The van der Waals surface area contributed by atoms with Gasteiger partial charge in [-0.1, -0.05) is 17.7 Å². The van der Waals surface area contributed by atoms with Crippen LogP contribution in [0.4, 0.5) is 0 Å². The Morgan fingerprint density at radius 1 is 1.19 bits per heavy atom. The highest BCUT2D eigenvalue weighted by atomic mass is 16.7. The molecule has 0 aromatic heterocycles. The molecule has 1 N–H and O–H groups in total. The Kier molecular flexibility index (Phi) is 4.00. The van der Waals surface area contributed by atoms with E-state index in [0.717, 1.165) is 36.8 Å². The lowest BCUT2D eigenvalue weighted by Crippen LogP contribution is -2.44. The number of carbonyl (C=O) groups excluding carboxylic acids is 1. The highest BCUT2D eigenvalue weighted by molar-refractivity contribution is 5.95. The van der Waals surface area contributed by atoms with E-state index in [1.165, 1.54) is 5.56 Å². The quantitative estimate of drug-likeness (QED) is 0.910. The van der Waals surface area contributed by atoms with Crippen molar-refractivity contribution in [2.45, 2.75) is 51.4 Å². The molecular formula is C17H23NO3. The molecule has 1 heterocycles. The predicted molar refractivity (Wildman–Crippen MR) is 80.3 cm³/mol. The Morgan fingerprint density at radius 3 is 2.48 bits per heavy atom. The molecule has 0 bridgehead atoms. The number of rotatable bonds is 2. The molecule has 1 aromatic rings. The first-order valence-electron chi connectivity index (χ1n) is 7.74. The first-order valence-corrected chi connectivity index (χ1v) is 7.74. The average Bonchev–Trinajstić information content (AvgIpc) is 2.90. The summed E-state index contributed by atoms with van der Waals surface area (Å²) >= 11 is 0. The highest BCUT2D eigenvalue weighted by Crippen LogP contribution is 2.35. The Bertz CT molecular complexity index is 525. The van der Waals surface area contributed by atoms with Crippen molar-refractivity contribution in [2.75, 3.05) is 13.2 Å². The fraction of sp³-hybridized carbons (Fsp3) is 0.588. The van der Waals surface area contributed by atoms with Crippen LogP contribution in [0.2, 0.25) is 0 Å².